The summed E-state index contributed by atoms with van der Waals surface area (Å²) in [5, 5.41) is 0. The van der Waals surface area contributed by atoms with Crippen LogP contribution in [0, 0.1) is 0 Å². The Labute approximate surface area is 387 Å². The molecule has 0 N–H and O–H groups in total. The summed E-state index contributed by atoms with van der Waals surface area (Å²) in [6.45, 7) is 4.79. The third-order valence-corrected chi connectivity index (χ3v) is 15.8. The molecule has 0 aromatic heterocycles. The number of benzene rings is 10. The Balaban J connectivity index is 1.11. The maximum Gasteiger partial charge on any atom is 0.0726 e. The lowest BCUT2D eigenvalue weighted by Crippen LogP contribution is -2.28. The maximum absolute atomic E-state index is 2.63. The Bertz CT molecular complexity index is 3450. The zero-order valence-corrected chi connectivity index (χ0v) is 37.0. The predicted octanol–water partition coefficient (Wildman–Crippen LogP) is 16.2. The fraction of sp³-hybridized carbons (Fsp3) is 0.0769. The first-order valence-electron chi connectivity index (χ1n) is 23.4. The van der Waals surface area contributed by atoms with E-state index < -0.39 is 10.8 Å². The van der Waals surface area contributed by atoms with Gasteiger partial charge >= 0.3 is 0 Å². The van der Waals surface area contributed by atoms with E-state index in [0.29, 0.717) is 0 Å². The van der Waals surface area contributed by atoms with Crippen molar-refractivity contribution in [2.24, 2.45) is 0 Å². The molecule has 0 amide bonds. The van der Waals surface area contributed by atoms with Gasteiger partial charge in [0.05, 0.1) is 22.2 Å². The highest BCUT2D eigenvalue weighted by molar-refractivity contribution is 6.04. The normalized spacial score (nSPS) is 15.2. The van der Waals surface area contributed by atoms with Gasteiger partial charge in [0.1, 0.15) is 0 Å². The number of rotatable bonds is 5. The Kier molecular flexibility index (Phi) is 7.66. The molecule has 14 rings (SSSR count). The van der Waals surface area contributed by atoms with Crippen LogP contribution in [0.25, 0.3) is 44.5 Å². The summed E-state index contributed by atoms with van der Waals surface area (Å²) in [7, 11) is 0. The minimum absolute atomic E-state index is 0.179. The molecule has 0 heterocycles. The summed E-state index contributed by atoms with van der Waals surface area (Å²) in [4.78, 5) is 2.63. The zero-order chi connectivity index (χ0) is 43.8. The molecule has 4 aliphatic carbocycles. The van der Waals surface area contributed by atoms with Crippen molar-refractivity contribution in [3.05, 3.63) is 292 Å². The van der Waals surface area contributed by atoms with Gasteiger partial charge in [-0.1, -0.05) is 226 Å². The molecule has 1 heteroatoms. The van der Waals surface area contributed by atoms with Gasteiger partial charge in [0, 0.05) is 22.2 Å². The second kappa shape index (κ2) is 13.5. The van der Waals surface area contributed by atoms with E-state index in [4.69, 9.17) is 0 Å². The van der Waals surface area contributed by atoms with Crippen LogP contribution in [0.2, 0.25) is 0 Å². The van der Waals surface area contributed by atoms with Gasteiger partial charge in [0.2, 0.25) is 0 Å². The second-order valence-corrected chi connectivity index (χ2v) is 19.0. The summed E-state index contributed by atoms with van der Waals surface area (Å²) in [5.41, 5.74) is 25.9. The van der Waals surface area contributed by atoms with Crippen molar-refractivity contribution in [3.8, 4) is 44.5 Å². The highest BCUT2D eigenvalue weighted by atomic mass is 15.1. The van der Waals surface area contributed by atoms with Gasteiger partial charge in [-0.15, -0.1) is 0 Å². The first-order valence-corrected chi connectivity index (χ1v) is 23.4. The second-order valence-electron chi connectivity index (χ2n) is 19.0. The number of hydrogen-bond acceptors (Lipinski definition) is 1. The SMILES string of the molecule is CC1(C)c2ccccc2-c2ccc(N(c3cccc4c3-c3ccccc3C4(c3ccccc3)c3ccccc3)c3cccc4c3-c3ccccc3C43c4ccccc4-c4ccccc43)cc21. The summed E-state index contributed by atoms with van der Waals surface area (Å²) in [6, 6.07) is 89.4. The Morgan fingerprint density at radius 2 is 0.636 bits per heavy atom. The van der Waals surface area contributed by atoms with Crippen molar-refractivity contribution < 1.29 is 0 Å². The molecule has 0 fully saturated rings. The summed E-state index contributed by atoms with van der Waals surface area (Å²) in [5.74, 6) is 0. The van der Waals surface area contributed by atoms with Crippen molar-refractivity contribution in [2.75, 3.05) is 4.90 Å². The molecule has 0 unspecified atom stereocenters. The molecular formula is C65H45N. The van der Waals surface area contributed by atoms with E-state index in [0.717, 1.165) is 5.69 Å². The van der Waals surface area contributed by atoms with Gasteiger partial charge < -0.3 is 4.90 Å². The van der Waals surface area contributed by atoms with Crippen LogP contribution >= 0.6 is 0 Å². The Morgan fingerprint density at radius 1 is 0.273 bits per heavy atom. The van der Waals surface area contributed by atoms with E-state index in [1.165, 1.54) is 112 Å². The van der Waals surface area contributed by atoms with E-state index in [1.807, 2.05) is 0 Å². The molecule has 1 spiro atoms. The molecule has 10 aromatic carbocycles. The van der Waals surface area contributed by atoms with Gasteiger partial charge in [0.15, 0.2) is 0 Å². The highest BCUT2D eigenvalue weighted by Crippen LogP contribution is 2.66. The van der Waals surface area contributed by atoms with E-state index in [1.54, 1.807) is 0 Å². The van der Waals surface area contributed by atoms with Crippen LogP contribution in [0.15, 0.2) is 237 Å². The lowest BCUT2D eigenvalue weighted by atomic mass is 9.68. The lowest BCUT2D eigenvalue weighted by Gasteiger charge is -2.35. The molecule has 310 valence electrons. The zero-order valence-electron chi connectivity index (χ0n) is 37.0. The number of nitrogens with zero attached hydrogens (tertiary/aromatic N) is 1. The Morgan fingerprint density at radius 3 is 1.15 bits per heavy atom. The van der Waals surface area contributed by atoms with Crippen LogP contribution in [-0.2, 0) is 16.2 Å². The van der Waals surface area contributed by atoms with Gasteiger partial charge in [-0.05, 0) is 113 Å². The van der Waals surface area contributed by atoms with Crippen LogP contribution in [-0.4, -0.2) is 0 Å². The average Bonchev–Trinajstić information content (AvgIpc) is 4.04. The van der Waals surface area contributed by atoms with Crippen molar-refractivity contribution >= 4 is 17.1 Å². The summed E-state index contributed by atoms with van der Waals surface area (Å²) in [6.07, 6.45) is 0. The average molecular weight is 840 g/mol. The largest absolute Gasteiger partial charge is 0.309 e. The first-order chi connectivity index (χ1) is 32.5. The fourth-order valence-corrected chi connectivity index (χ4v) is 13.2. The highest BCUT2D eigenvalue weighted by Gasteiger charge is 2.53. The van der Waals surface area contributed by atoms with Crippen LogP contribution in [0.3, 0.4) is 0 Å². The Hall–Kier alpha value is -8.00. The molecule has 10 aromatic rings. The van der Waals surface area contributed by atoms with Crippen molar-refractivity contribution in [1.82, 2.24) is 0 Å². The van der Waals surface area contributed by atoms with E-state index in [9.17, 15) is 0 Å². The van der Waals surface area contributed by atoms with Crippen LogP contribution in [0.1, 0.15) is 69.5 Å². The monoisotopic (exact) mass is 839 g/mol. The van der Waals surface area contributed by atoms with E-state index >= 15 is 0 Å². The van der Waals surface area contributed by atoms with E-state index in [2.05, 4.69) is 255 Å². The molecule has 0 bridgehead atoms. The fourth-order valence-electron chi connectivity index (χ4n) is 13.2. The standard InChI is InChI=1S/C65H45N/c1-63(2)51-30-14-9-25-45(51)48-40-39-44(41-58(48)63)66(59-37-19-35-56-61(59)49-28-12-17-33-54(49)64(56,42-21-5-3-6-22-42)43-23-7-4-8-24-43)60-38-20-36-57-62(60)50-29-13-18-34-55(50)65(57)52-31-15-10-26-46(52)47-27-11-16-32-53(47)65/h3-41H,1-2H3. The third kappa shape index (κ3) is 4.60. The topological polar surface area (TPSA) is 3.24 Å². The molecule has 0 saturated carbocycles. The molecule has 66 heavy (non-hydrogen) atoms. The van der Waals surface area contributed by atoms with Crippen molar-refractivity contribution in [1.29, 1.82) is 0 Å². The van der Waals surface area contributed by atoms with Gasteiger partial charge in [-0.25, -0.2) is 0 Å². The summed E-state index contributed by atoms with van der Waals surface area (Å²) < 4.78 is 0. The molecule has 0 saturated heterocycles. The first kappa shape index (κ1) is 37.4. The third-order valence-electron chi connectivity index (χ3n) is 15.8. The van der Waals surface area contributed by atoms with Gasteiger partial charge in [-0.3, -0.25) is 0 Å². The summed E-state index contributed by atoms with van der Waals surface area (Å²) >= 11 is 0. The van der Waals surface area contributed by atoms with Crippen LogP contribution in [0.5, 0.6) is 0 Å². The van der Waals surface area contributed by atoms with Crippen molar-refractivity contribution in [3.63, 3.8) is 0 Å². The predicted molar refractivity (Wildman–Crippen MR) is 272 cm³/mol. The molecule has 4 aliphatic rings. The number of hydrogen-bond donors (Lipinski definition) is 0. The minimum atomic E-state index is -0.537. The van der Waals surface area contributed by atoms with Crippen LogP contribution < -0.4 is 4.90 Å². The maximum atomic E-state index is 2.63. The molecule has 1 nitrogen and oxygen atoms in total. The number of fused-ring (bicyclic) bond motifs is 16. The molecular weight excluding hydrogens is 795 g/mol. The van der Waals surface area contributed by atoms with E-state index in [-0.39, 0.29) is 5.41 Å². The smallest absolute Gasteiger partial charge is 0.0726 e. The minimum Gasteiger partial charge on any atom is -0.309 e. The quantitative estimate of drug-likeness (QED) is 0.167. The molecule has 0 radical (unpaired) electrons. The van der Waals surface area contributed by atoms with Gasteiger partial charge in [-0.2, -0.15) is 0 Å². The molecule has 0 atom stereocenters. The molecule has 0 aliphatic heterocycles. The van der Waals surface area contributed by atoms with Crippen LogP contribution in [0.4, 0.5) is 17.1 Å². The van der Waals surface area contributed by atoms with Crippen molar-refractivity contribution in [2.45, 2.75) is 30.1 Å². The van der Waals surface area contributed by atoms with Gasteiger partial charge in [0.25, 0.3) is 0 Å². The lowest BCUT2D eigenvalue weighted by molar-refractivity contribution is 0.660. The number of anilines is 3.